The number of aromatic carboxylic acids is 1. The second kappa shape index (κ2) is 5.81. The van der Waals surface area contributed by atoms with E-state index in [1.54, 1.807) is 18.3 Å². The van der Waals surface area contributed by atoms with E-state index < -0.39 is 5.97 Å². The van der Waals surface area contributed by atoms with Crippen molar-refractivity contribution in [2.24, 2.45) is 4.99 Å². The molecule has 1 heterocycles. The quantitative estimate of drug-likeness (QED) is 0.722. The van der Waals surface area contributed by atoms with Crippen LogP contribution in [0.15, 0.2) is 53.5 Å². The maximum absolute atomic E-state index is 12.8. The number of carboxylic acids is 1. The van der Waals surface area contributed by atoms with Gasteiger partial charge in [-0.25, -0.2) is 9.18 Å². The van der Waals surface area contributed by atoms with Crippen LogP contribution >= 0.6 is 0 Å². The third kappa shape index (κ3) is 2.74. The van der Waals surface area contributed by atoms with Crippen LogP contribution in [0.4, 0.5) is 4.39 Å². The first-order chi connectivity index (χ1) is 10.6. The van der Waals surface area contributed by atoms with Crippen LogP contribution in [0, 0.1) is 5.82 Å². The zero-order valence-electron chi connectivity index (χ0n) is 11.6. The molecule has 110 valence electrons. The molecule has 0 unspecified atom stereocenters. The Morgan fingerprint density at radius 1 is 1.18 bits per heavy atom. The largest absolute Gasteiger partial charge is 0.477 e. The molecule has 3 aromatic rings. The van der Waals surface area contributed by atoms with Crippen molar-refractivity contribution >= 4 is 23.1 Å². The number of benzene rings is 2. The maximum Gasteiger partial charge on any atom is 0.353 e. The SMILES string of the molecule is O=C(O)c1[nH]c2ccccc2c1C=NCc1ccc(F)cc1. The minimum atomic E-state index is -1.03. The molecule has 0 aliphatic carbocycles. The number of H-pyrrole nitrogens is 1. The molecule has 22 heavy (non-hydrogen) atoms. The van der Waals surface area contributed by atoms with E-state index >= 15 is 0 Å². The van der Waals surface area contributed by atoms with Gasteiger partial charge in [0.25, 0.3) is 0 Å². The number of aliphatic imine (C=N–C) groups is 1. The van der Waals surface area contributed by atoms with Crippen LogP contribution in [0.5, 0.6) is 0 Å². The Bertz CT molecular complexity index is 851. The van der Waals surface area contributed by atoms with E-state index in [-0.39, 0.29) is 11.5 Å². The van der Waals surface area contributed by atoms with Crippen molar-refractivity contribution < 1.29 is 14.3 Å². The molecular formula is C17H13FN2O2. The number of rotatable bonds is 4. The number of carbonyl (C=O) groups is 1. The molecule has 2 aromatic carbocycles. The first-order valence-corrected chi connectivity index (χ1v) is 6.73. The van der Waals surface area contributed by atoms with Gasteiger partial charge >= 0.3 is 5.97 Å². The van der Waals surface area contributed by atoms with Crippen LogP contribution in [0.25, 0.3) is 10.9 Å². The van der Waals surface area contributed by atoms with Crippen molar-refractivity contribution in [1.29, 1.82) is 0 Å². The zero-order chi connectivity index (χ0) is 15.5. The summed E-state index contributed by atoms with van der Waals surface area (Å²) in [5.41, 5.74) is 2.27. The van der Waals surface area contributed by atoms with Gasteiger partial charge in [0.2, 0.25) is 0 Å². The second-order valence-electron chi connectivity index (χ2n) is 4.86. The maximum atomic E-state index is 12.8. The lowest BCUT2D eigenvalue weighted by atomic mass is 10.1. The van der Waals surface area contributed by atoms with E-state index in [2.05, 4.69) is 9.98 Å². The van der Waals surface area contributed by atoms with Gasteiger partial charge in [-0.3, -0.25) is 4.99 Å². The third-order valence-corrected chi connectivity index (χ3v) is 3.37. The van der Waals surface area contributed by atoms with Gasteiger partial charge in [0.05, 0.1) is 6.54 Å². The molecule has 0 aliphatic heterocycles. The molecule has 0 saturated heterocycles. The van der Waals surface area contributed by atoms with E-state index in [1.807, 2.05) is 24.3 Å². The normalized spacial score (nSPS) is 11.3. The minimum Gasteiger partial charge on any atom is -0.477 e. The first-order valence-electron chi connectivity index (χ1n) is 6.73. The Morgan fingerprint density at radius 2 is 1.91 bits per heavy atom. The van der Waals surface area contributed by atoms with Crippen molar-refractivity contribution in [3.8, 4) is 0 Å². The Kier molecular flexibility index (Phi) is 3.70. The molecule has 3 rings (SSSR count). The average molecular weight is 296 g/mol. The molecule has 4 nitrogen and oxygen atoms in total. The topological polar surface area (TPSA) is 65.4 Å². The monoisotopic (exact) mass is 296 g/mol. The molecule has 0 amide bonds. The standard InChI is InChI=1S/C17H13FN2O2/c18-12-7-5-11(6-8-12)9-19-10-14-13-3-1-2-4-15(13)20-16(14)17(21)22/h1-8,10,20H,9H2,(H,21,22). The summed E-state index contributed by atoms with van der Waals surface area (Å²) >= 11 is 0. The highest BCUT2D eigenvalue weighted by molar-refractivity contribution is 6.08. The summed E-state index contributed by atoms with van der Waals surface area (Å²) in [4.78, 5) is 18.5. The minimum absolute atomic E-state index is 0.115. The highest BCUT2D eigenvalue weighted by Gasteiger charge is 2.14. The van der Waals surface area contributed by atoms with Gasteiger partial charge in [0.1, 0.15) is 11.5 Å². The number of halogens is 1. The molecule has 0 bridgehead atoms. The van der Waals surface area contributed by atoms with Crippen molar-refractivity contribution in [3.63, 3.8) is 0 Å². The highest BCUT2D eigenvalue weighted by atomic mass is 19.1. The van der Waals surface area contributed by atoms with Gasteiger partial charge in [0.15, 0.2) is 0 Å². The van der Waals surface area contributed by atoms with E-state index in [0.29, 0.717) is 12.1 Å². The van der Waals surface area contributed by atoms with Crippen molar-refractivity contribution in [2.45, 2.75) is 6.54 Å². The number of hydrogen-bond acceptors (Lipinski definition) is 2. The van der Waals surface area contributed by atoms with Gasteiger partial charge in [-0.2, -0.15) is 0 Å². The number of carboxylic acid groups (broad SMARTS) is 1. The van der Waals surface area contributed by atoms with Gasteiger partial charge in [-0.05, 0) is 23.8 Å². The first kappa shape index (κ1) is 14.0. The van der Waals surface area contributed by atoms with Crippen LogP contribution in [0.2, 0.25) is 0 Å². The average Bonchev–Trinajstić information content (AvgIpc) is 2.89. The number of para-hydroxylation sites is 1. The van der Waals surface area contributed by atoms with Gasteiger partial charge < -0.3 is 10.1 Å². The zero-order valence-corrected chi connectivity index (χ0v) is 11.6. The summed E-state index contributed by atoms with van der Waals surface area (Å²) in [6.45, 7) is 0.360. The number of aromatic nitrogens is 1. The number of nitrogens with zero attached hydrogens (tertiary/aromatic N) is 1. The van der Waals surface area contributed by atoms with Gasteiger partial charge in [-0.1, -0.05) is 30.3 Å². The summed E-state index contributed by atoms with van der Waals surface area (Å²) in [5, 5.41) is 10.1. The molecule has 0 aliphatic rings. The Labute approximate surface area is 125 Å². The van der Waals surface area contributed by atoms with Crippen LogP contribution in [-0.2, 0) is 6.54 Å². The molecule has 0 atom stereocenters. The van der Waals surface area contributed by atoms with E-state index in [0.717, 1.165) is 16.5 Å². The van der Waals surface area contributed by atoms with E-state index in [1.165, 1.54) is 12.1 Å². The Morgan fingerprint density at radius 3 is 2.64 bits per heavy atom. The lowest BCUT2D eigenvalue weighted by Gasteiger charge is -1.97. The third-order valence-electron chi connectivity index (χ3n) is 3.37. The fraction of sp³-hybridized carbons (Fsp3) is 0.0588. The van der Waals surface area contributed by atoms with Gasteiger partial charge in [0, 0.05) is 22.7 Å². The molecular weight excluding hydrogens is 283 g/mol. The van der Waals surface area contributed by atoms with E-state index in [9.17, 15) is 14.3 Å². The summed E-state index contributed by atoms with van der Waals surface area (Å²) < 4.78 is 12.8. The summed E-state index contributed by atoms with van der Waals surface area (Å²) in [7, 11) is 0. The van der Waals surface area contributed by atoms with Crippen LogP contribution in [-0.4, -0.2) is 22.3 Å². The predicted molar refractivity (Wildman–Crippen MR) is 83.0 cm³/mol. The number of aromatic amines is 1. The van der Waals surface area contributed by atoms with E-state index in [4.69, 9.17) is 0 Å². The van der Waals surface area contributed by atoms with Crippen LogP contribution < -0.4 is 0 Å². The lowest BCUT2D eigenvalue weighted by molar-refractivity contribution is 0.0691. The molecule has 1 aromatic heterocycles. The molecule has 5 heteroatoms. The number of nitrogens with one attached hydrogen (secondary N) is 1. The number of fused-ring (bicyclic) bond motifs is 1. The smallest absolute Gasteiger partial charge is 0.353 e. The van der Waals surface area contributed by atoms with Gasteiger partial charge in [-0.15, -0.1) is 0 Å². The number of hydrogen-bond donors (Lipinski definition) is 2. The molecule has 0 spiro atoms. The summed E-state index contributed by atoms with van der Waals surface area (Å²) in [6.07, 6.45) is 1.55. The Hall–Kier alpha value is -2.95. The fourth-order valence-corrected chi connectivity index (χ4v) is 2.30. The van der Waals surface area contributed by atoms with Crippen LogP contribution in [0.1, 0.15) is 21.6 Å². The molecule has 0 saturated carbocycles. The molecule has 0 fully saturated rings. The van der Waals surface area contributed by atoms with Crippen molar-refractivity contribution in [3.05, 3.63) is 71.2 Å². The van der Waals surface area contributed by atoms with Crippen molar-refractivity contribution in [2.75, 3.05) is 0 Å². The molecule has 2 N–H and O–H groups in total. The highest BCUT2D eigenvalue weighted by Crippen LogP contribution is 2.21. The fourth-order valence-electron chi connectivity index (χ4n) is 2.30. The lowest BCUT2D eigenvalue weighted by Crippen LogP contribution is -2.00. The second-order valence-corrected chi connectivity index (χ2v) is 4.86. The van der Waals surface area contributed by atoms with Crippen LogP contribution in [0.3, 0.4) is 0 Å². The van der Waals surface area contributed by atoms with Crippen molar-refractivity contribution in [1.82, 2.24) is 4.98 Å². The Balaban J connectivity index is 1.92. The predicted octanol–water partition coefficient (Wildman–Crippen LogP) is 3.62. The molecule has 0 radical (unpaired) electrons. The summed E-state index contributed by atoms with van der Waals surface area (Å²) in [6, 6.07) is 13.4. The summed E-state index contributed by atoms with van der Waals surface area (Å²) in [5.74, 6) is -1.32.